The van der Waals surface area contributed by atoms with E-state index < -0.39 is 0 Å². The van der Waals surface area contributed by atoms with Crippen molar-refractivity contribution in [2.75, 3.05) is 19.7 Å². The van der Waals surface area contributed by atoms with E-state index in [0.29, 0.717) is 19.7 Å². The van der Waals surface area contributed by atoms with Crippen molar-refractivity contribution in [2.24, 2.45) is 0 Å². The van der Waals surface area contributed by atoms with Gasteiger partial charge in [-0.05, 0) is 43.4 Å². The van der Waals surface area contributed by atoms with Gasteiger partial charge in [-0.15, -0.1) is 10.2 Å². The summed E-state index contributed by atoms with van der Waals surface area (Å²) in [5.41, 5.74) is 3.43. The molecule has 1 amide bonds. The second-order valence-electron chi connectivity index (χ2n) is 6.38. The number of carbonyl (C=O) groups excluding carboxylic acids is 1. The Bertz CT molecular complexity index is 755. The lowest BCUT2D eigenvalue weighted by atomic mass is 10.0. The van der Waals surface area contributed by atoms with Gasteiger partial charge in [0.1, 0.15) is 12.4 Å². The lowest BCUT2D eigenvalue weighted by Crippen LogP contribution is -2.43. The third-order valence-electron chi connectivity index (χ3n) is 5.00. The molecule has 1 aromatic heterocycles. The minimum Gasteiger partial charge on any atom is -0.366 e. The zero-order valence-electron chi connectivity index (χ0n) is 13.9. The Kier molecular flexibility index (Phi) is 4.06. The maximum Gasteiger partial charge on any atom is 0.254 e. The summed E-state index contributed by atoms with van der Waals surface area (Å²) in [7, 11) is 0. The SMILES string of the molecule is CCn1cnnc1C1CN(C(=O)c2cccc3c2CCC3)CCO1. The Balaban J connectivity index is 1.56. The van der Waals surface area contributed by atoms with Gasteiger partial charge in [-0.2, -0.15) is 0 Å². The number of fused-ring (bicyclic) bond motifs is 1. The first-order valence-electron chi connectivity index (χ1n) is 8.67. The summed E-state index contributed by atoms with van der Waals surface area (Å²) in [6.07, 6.45) is 4.74. The van der Waals surface area contributed by atoms with Crippen LogP contribution < -0.4 is 0 Å². The average molecular weight is 326 g/mol. The molecule has 24 heavy (non-hydrogen) atoms. The highest BCUT2D eigenvalue weighted by molar-refractivity contribution is 5.96. The molecule has 0 spiro atoms. The molecule has 0 radical (unpaired) electrons. The number of carbonyl (C=O) groups is 1. The molecule has 6 nitrogen and oxygen atoms in total. The van der Waals surface area contributed by atoms with E-state index in [4.69, 9.17) is 4.74 Å². The number of ether oxygens (including phenoxy) is 1. The van der Waals surface area contributed by atoms with Crippen LogP contribution >= 0.6 is 0 Å². The fourth-order valence-corrected chi connectivity index (χ4v) is 3.74. The van der Waals surface area contributed by atoms with Crippen molar-refractivity contribution in [3.8, 4) is 0 Å². The number of hydrogen-bond acceptors (Lipinski definition) is 4. The van der Waals surface area contributed by atoms with Crippen LogP contribution in [0.3, 0.4) is 0 Å². The number of rotatable bonds is 3. The van der Waals surface area contributed by atoms with Gasteiger partial charge in [0.25, 0.3) is 5.91 Å². The molecule has 1 atom stereocenters. The fourth-order valence-electron chi connectivity index (χ4n) is 3.74. The van der Waals surface area contributed by atoms with Gasteiger partial charge < -0.3 is 14.2 Å². The third kappa shape index (κ3) is 2.60. The van der Waals surface area contributed by atoms with Crippen LogP contribution in [-0.2, 0) is 24.1 Å². The highest BCUT2D eigenvalue weighted by atomic mass is 16.5. The van der Waals surface area contributed by atoms with E-state index in [2.05, 4.69) is 16.3 Å². The Morgan fingerprint density at radius 3 is 3.17 bits per heavy atom. The molecule has 1 aromatic carbocycles. The summed E-state index contributed by atoms with van der Waals surface area (Å²) >= 11 is 0. The lowest BCUT2D eigenvalue weighted by Gasteiger charge is -2.33. The first-order chi connectivity index (χ1) is 11.8. The van der Waals surface area contributed by atoms with Gasteiger partial charge in [0.05, 0.1) is 13.2 Å². The van der Waals surface area contributed by atoms with Crippen LogP contribution in [0.4, 0.5) is 0 Å². The Labute approximate surface area is 141 Å². The normalized spacial score (nSPS) is 20.2. The molecule has 2 heterocycles. The standard InChI is InChI=1S/C18H22N4O2/c1-2-21-12-19-20-17(21)16-11-22(9-10-24-16)18(23)15-8-4-6-13-5-3-7-14(13)15/h4,6,8,12,16H,2-3,5,7,9-11H2,1H3. The molecule has 126 valence electrons. The Morgan fingerprint density at radius 1 is 1.38 bits per heavy atom. The molecule has 0 bridgehead atoms. The molecule has 0 saturated carbocycles. The number of aryl methyl sites for hydroxylation is 2. The molecule has 1 fully saturated rings. The summed E-state index contributed by atoms with van der Waals surface area (Å²) in [5.74, 6) is 0.915. The molecule has 4 rings (SSSR count). The predicted molar refractivity (Wildman–Crippen MR) is 88.8 cm³/mol. The van der Waals surface area contributed by atoms with Crippen LogP contribution in [0.5, 0.6) is 0 Å². The molecule has 1 unspecified atom stereocenters. The first kappa shape index (κ1) is 15.3. The highest BCUT2D eigenvalue weighted by Crippen LogP contribution is 2.28. The van der Waals surface area contributed by atoms with Gasteiger partial charge in [0.2, 0.25) is 0 Å². The van der Waals surface area contributed by atoms with Gasteiger partial charge in [0, 0.05) is 18.7 Å². The van der Waals surface area contributed by atoms with Gasteiger partial charge in [-0.3, -0.25) is 4.79 Å². The minimum atomic E-state index is -0.207. The number of benzene rings is 1. The fraction of sp³-hybridized carbons (Fsp3) is 0.500. The van der Waals surface area contributed by atoms with Crippen molar-refractivity contribution in [2.45, 2.75) is 38.8 Å². The van der Waals surface area contributed by atoms with Crippen LogP contribution in [0.25, 0.3) is 0 Å². The highest BCUT2D eigenvalue weighted by Gasteiger charge is 2.30. The van der Waals surface area contributed by atoms with Crippen LogP contribution in [0.2, 0.25) is 0 Å². The quantitative estimate of drug-likeness (QED) is 0.865. The van der Waals surface area contributed by atoms with E-state index >= 15 is 0 Å². The van der Waals surface area contributed by atoms with E-state index in [1.807, 2.05) is 28.5 Å². The van der Waals surface area contributed by atoms with Crippen molar-refractivity contribution in [1.29, 1.82) is 0 Å². The van der Waals surface area contributed by atoms with E-state index in [1.54, 1.807) is 6.33 Å². The van der Waals surface area contributed by atoms with Gasteiger partial charge in [0.15, 0.2) is 5.82 Å². The van der Waals surface area contributed by atoms with Crippen LogP contribution in [0.15, 0.2) is 24.5 Å². The summed E-state index contributed by atoms with van der Waals surface area (Å²) in [4.78, 5) is 15.0. The zero-order chi connectivity index (χ0) is 16.5. The lowest BCUT2D eigenvalue weighted by molar-refractivity contribution is -0.0284. The monoisotopic (exact) mass is 326 g/mol. The number of amides is 1. The average Bonchev–Trinajstić information content (AvgIpc) is 3.29. The predicted octanol–water partition coefficient (Wildman–Crippen LogP) is 2.00. The van der Waals surface area contributed by atoms with Crippen molar-refractivity contribution in [1.82, 2.24) is 19.7 Å². The summed E-state index contributed by atoms with van der Waals surface area (Å²) in [6.45, 7) is 4.52. The van der Waals surface area contributed by atoms with E-state index in [1.165, 1.54) is 11.1 Å². The van der Waals surface area contributed by atoms with Crippen LogP contribution in [-0.4, -0.2) is 45.3 Å². The van der Waals surface area contributed by atoms with Crippen molar-refractivity contribution >= 4 is 5.91 Å². The van der Waals surface area contributed by atoms with Gasteiger partial charge >= 0.3 is 0 Å². The zero-order valence-corrected chi connectivity index (χ0v) is 13.9. The van der Waals surface area contributed by atoms with Crippen molar-refractivity contribution in [3.63, 3.8) is 0 Å². The molecular formula is C18H22N4O2. The van der Waals surface area contributed by atoms with E-state index in [-0.39, 0.29) is 12.0 Å². The number of morpholine rings is 1. The molecule has 6 heteroatoms. The molecule has 2 aromatic rings. The Morgan fingerprint density at radius 2 is 2.29 bits per heavy atom. The van der Waals surface area contributed by atoms with E-state index in [9.17, 15) is 4.79 Å². The van der Waals surface area contributed by atoms with E-state index in [0.717, 1.165) is 37.2 Å². The van der Waals surface area contributed by atoms with Crippen molar-refractivity contribution in [3.05, 3.63) is 47.0 Å². The smallest absolute Gasteiger partial charge is 0.254 e. The van der Waals surface area contributed by atoms with Gasteiger partial charge in [-0.1, -0.05) is 12.1 Å². The molecule has 1 aliphatic heterocycles. The molecule has 0 N–H and O–H groups in total. The second kappa shape index (κ2) is 6.36. The van der Waals surface area contributed by atoms with Gasteiger partial charge in [-0.25, -0.2) is 0 Å². The maximum absolute atomic E-state index is 13.1. The van der Waals surface area contributed by atoms with Crippen LogP contribution in [0, 0.1) is 0 Å². The number of aromatic nitrogens is 3. The maximum atomic E-state index is 13.1. The summed E-state index contributed by atoms with van der Waals surface area (Å²) in [5, 5.41) is 8.16. The van der Waals surface area contributed by atoms with Crippen LogP contribution in [0.1, 0.15) is 46.8 Å². The largest absolute Gasteiger partial charge is 0.366 e. The second-order valence-corrected chi connectivity index (χ2v) is 6.38. The molecule has 1 aliphatic carbocycles. The third-order valence-corrected chi connectivity index (χ3v) is 5.00. The first-order valence-corrected chi connectivity index (χ1v) is 8.67. The molecular weight excluding hydrogens is 304 g/mol. The van der Waals surface area contributed by atoms with Crippen molar-refractivity contribution < 1.29 is 9.53 Å². The molecule has 1 saturated heterocycles. The number of nitrogens with zero attached hydrogens (tertiary/aromatic N) is 4. The molecule has 2 aliphatic rings. The minimum absolute atomic E-state index is 0.115. The topological polar surface area (TPSA) is 60.2 Å². The number of hydrogen-bond donors (Lipinski definition) is 0. The Hall–Kier alpha value is -2.21. The summed E-state index contributed by atoms with van der Waals surface area (Å²) < 4.78 is 7.83. The summed E-state index contributed by atoms with van der Waals surface area (Å²) in [6, 6.07) is 6.11.